The molecular formula is C19H22N3O2+. The van der Waals surface area contributed by atoms with Crippen LogP contribution in [0.2, 0.25) is 0 Å². The van der Waals surface area contributed by atoms with Crippen LogP contribution in [0.5, 0.6) is 0 Å². The molecular weight excluding hydrogens is 302 g/mol. The van der Waals surface area contributed by atoms with Gasteiger partial charge in [0.25, 0.3) is 5.91 Å². The minimum Gasteiger partial charge on any atom is -0.341 e. The van der Waals surface area contributed by atoms with Crippen molar-refractivity contribution in [1.29, 1.82) is 0 Å². The zero-order valence-corrected chi connectivity index (χ0v) is 13.7. The van der Waals surface area contributed by atoms with E-state index in [4.69, 9.17) is 0 Å². The first-order valence-electron chi connectivity index (χ1n) is 8.18. The number of rotatable bonds is 3. The summed E-state index contributed by atoms with van der Waals surface area (Å²) in [5.41, 5.74) is 3.54. The van der Waals surface area contributed by atoms with E-state index in [1.54, 1.807) is 0 Å². The molecule has 2 atom stereocenters. The molecule has 1 aliphatic rings. The average Bonchev–Trinajstić information content (AvgIpc) is 2.62. The van der Waals surface area contributed by atoms with Crippen molar-refractivity contribution in [2.75, 3.05) is 13.6 Å². The lowest BCUT2D eigenvalue weighted by atomic mass is 9.96. The van der Waals surface area contributed by atoms with Crippen molar-refractivity contribution in [3.8, 4) is 0 Å². The van der Waals surface area contributed by atoms with E-state index in [1.807, 2.05) is 36.4 Å². The lowest BCUT2D eigenvalue weighted by Gasteiger charge is -2.31. The van der Waals surface area contributed by atoms with Gasteiger partial charge in [-0.3, -0.25) is 10.1 Å². The minimum absolute atomic E-state index is 0.269. The SMILES string of the molecule is CNC(=O)NC(=O)[C@H](c1ccccc1)[NH+]1CCc2ccccc2C1. The van der Waals surface area contributed by atoms with Crippen LogP contribution < -0.4 is 15.5 Å². The Morgan fingerprint density at radius 1 is 1.00 bits per heavy atom. The first kappa shape index (κ1) is 16.2. The molecule has 0 radical (unpaired) electrons. The Labute approximate surface area is 141 Å². The van der Waals surface area contributed by atoms with Crippen LogP contribution in [0.1, 0.15) is 22.7 Å². The van der Waals surface area contributed by atoms with Crippen molar-refractivity contribution >= 4 is 11.9 Å². The fourth-order valence-corrected chi connectivity index (χ4v) is 3.31. The van der Waals surface area contributed by atoms with Gasteiger partial charge < -0.3 is 10.2 Å². The number of carbonyl (C=O) groups is 2. The molecule has 2 aromatic carbocycles. The Bertz CT molecular complexity index is 730. The summed E-state index contributed by atoms with van der Waals surface area (Å²) in [6.45, 7) is 1.63. The third kappa shape index (κ3) is 3.46. The van der Waals surface area contributed by atoms with Crippen LogP contribution in [0, 0.1) is 0 Å². The molecule has 1 unspecified atom stereocenters. The number of nitrogens with one attached hydrogen (secondary N) is 3. The standard InChI is InChI=1S/C19H21N3O2/c1-20-19(24)21-18(23)17(15-8-3-2-4-9-15)22-12-11-14-7-5-6-10-16(14)13-22/h2-10,17H,11-13H2,1H3,(H2,20,21,23,24)/p+1/t17-/m0/s1. The molecule has 0 aliphatic carbocycles. The fraction of sp³-hybridized carbons (Fsp3) is 0.263. The molecule has 0 saturated carbocycles. The maximum Gasteiger partial charge on any atom is 0.321 e. The highest BCUT2D eigenvalue weighted by atomic mass is 16.2. The van der Waals surface area contributed by atoms with Gasteiger partial charge in [-0.25, -0.2) is 4.79 Å². The van der Waals surface area contributed by atoms with Gasteiger partial charge in [0.15, 0.2) is 6.04 Å². The highest BCUT2D eigenvalue weighted by Crippen LogP contribution is 2.15. The molecule has 1 aliphatic heterocycles. The smallest absolute Gasteiger partial charge is 0.321 e. The monoisotopic (exact) mass is 324 g/mol. The van der Waals surface area contributed by atoms with Crippen molar-refractivity contribution in [3.05, 3.63) is 71.3 Å². The number of urea groups is 1. The number of fused-ring (bicyclic) bond motifs is 1. The van der Waals surface area contributed by atoms with Gasteiger partial charge in [-0.05, 0) is 5.56 Å². The van der Waals surface area contributed by atoms with Crippen LogP contribution in [0.15, 0.2) is 54.6 Å². The predicted octanol–water partition coefficient (Wildman–Crippen LogP) is 0.825. The maximum absolute atomic E-state index is 12.7. The lowest BCUT2D eigenvalue weighted by molar-refractivity contribution is -0.937. The Morgan fingerprint density at radius 2 is 1.67 bits per heavy atom. The van der Waals surface area contributed by atoms with E-state index in [-0.39, 0.29) is 5.91 Å². The average molecular weight is 324 g/mol. The fourth-order valence-electron chi connectivity index (χ4n) is 3.31. The molecule has 3 rings (SSSR count). The zero-order valence-electron chi connectivity index (χ0n) is 13.7. The highest BCUT2D eigenvalue weighted by Gasteiger charge is 2.34. The summed E-state index contributed by atoms with van der Waals surface area (Å²) in [5.74, 6) is -0.269. The molecule has 2 aromatic rings. The second-order valence-corrected chi connectivity index (χ2v) is 6.02. The van der Waals surface area contributed by atoms with Crippen molar-refractivity contribution in [2.24, 2.45) is 0 Å². The second kappa shape index (κ2) is 7.27. The summed E-state index contributed by atoms with van der Waals surface area (Å²) < 4.78 is 0. The van der Waals surface area contributed by atoms with Gasteiger partial charge in [0.1, 0.15) is 6.54 Å². The molecule has 0 spiro atoms. The summed E-state index contributed by atoms with van der Waals surface area (Å²) in [6.07, 6.45) is 0.933. The van der Waals surface area contributed by atoms with E-state index >= 15 is 0 Å². The largest absolute Gasteiger partial charge is 0.341 e. The number of amides is 3. The number of carbonyl (C=O) groups excluding carboxylic acids is 2. The number of imide groups is 1. The molecule has 24 heavy (non-hydrogen) atoms. The van der Waals surface area contributed by atoms with Gasteiger partial charge in [-0.2, -0.15) is 0 Å². The first-order chi connectivity index (χ1) is 11.7. The summed E-state index contributed by atoms with van der Waals surface area (Å²) in [7, 11) is 1.50. The van der Waals surface area contributed by atoms with Gasteiger partial charge in [-0.15, -0.1) is 0 Å². The van der Waals surface area contributed by atoms with Gasteiger partial charge in [0.2, 0.25) is 0 Å². The van der Waals surface area contributed by atoms with Gasteiger partial charge in [0.05, 0.1) is 6.54 Å². The molecule has 5 nitrogen and oxygen atoms in total. The number of hydrogen-bond acceptors (Lipinski definition) is 2. The van der Waals surface area contributed by atoms with E-state index in [0.29, 0.717) is 0 Å². The maximum atomic E-state index is 12.7. The van der Waals surface area contributed by atoms with Crippen molar-refractivity contribution in [3.63, 3.8) is 0 Å². The number of hydrogen-bond donors (Lipinski definition) is 3. The summed E-state index contributed by atoms with van der Waals surface area (Å²) in [5, 5.41) is 4.88. The van der Waals surface area contributed by atoms with Crippen molar-refractivity contribution in [2.45, 2.75) is 19.0 Å². The van der Waals surface area contributed by atoms with Crippen LogP contribution in [0.3, 0.4) is 0 Å². The second-order valence-electron chi connectivity index (χ2n) is 6.02. The lowest BCUT2D eigenvalue weighted by Crippen LogP contribution is -3.13. The van der Waals surface area contributed by atoms with Crippen LogP contribution >= 0.6 is 0 Å². The predicted molar refractivity (Wildman–Crippen MR) is 91.5 cm³/mol. The summed E-state index contributed by atoms with van der Waals surface area (Å²) in [6, 6.07) is 17.1. The quantitative estimate of drug-likeness (QED) is 0.783. The van der Waals surface area contributed by atoms with Crippen LogP contribution in [-0.4, -0.2) is 25.5 Å². The molecule has 3 amide bonds. The van der Waals surface area contributed by atoms with E-state index in [0.717, 1.165) is 30.0 Å². The van der Waals surface area contributed by atoms with Crippen LogP contribution in [0.25, 0.3) is 0 Å². The molecule has 0 aromatic heterocycles. The van der Waals surface area contributed by atoms with E-state index in [9.17, 15) is 9.59 Å². The summed E-state index contributed by atoms with van der Waals surface area (Å²) in [4.78, 5) is 25.5. The topological polar surface area (TPSA) is 62.6 Å². The highest BCUT2D eigenvalue weighted by molar-refractivity contribution is 5.96. The number of benzene rings is 2. The Kier molecular flexibility index (Phi) is 4.91. The normalized spacial score (nSPS) is 17.5. The first-order valence-corrected chi connectivity index (χ1v) is 8.18. The van der Waals surface area contributed by atoms with Crippen LogP contribution in [-0.2, 0) is 17.8 Å². The van der Waals surface area contributed by atoms with Gasteiger partial charge in [-0.1, -0.05) is 54.6 Å². The van der Waals surface area contributed by atoms with Gasteiger partial charge >= 0.3 is 6.03 Å². The molecule has 0 fully saturated rings. The molecule has 124 valence electrons. The molecule has 3 N–H and O–H groups in total. The van der Waals surface area contributed by atoms with Gasteiger partial charge in [0, 0.05) is 24.6 Å². The van der Waals surface area contributed by atoms with Crippen LogP contribution in [0.4, 0.5) is 4.79 Å². The Hall–Kier alpha value is -2.66. The molecule has 5 heteroatoms. The zero-order chi connectivity index (χ0) is 16.9. The third-order valence-corrected chi connectivity index (χ3v) is 4.52. The van der Waals surface area contributed by atoms with Crippen molar-refractivity contribution < 1.29 is 14.5 Å². The molecule has 0 saturated heterocycles. The molecule has 1 heterocycles. The van der Waals surface area contributed by atoms with Crippen molar-refractivity contribution in [1.82, 2.24) is 10.6 Å². The molecule has 0 bridgehead atoms. The third-order valence-electron chi connectivity index (χ3n) is 4.52. The van der Waals surface area contributed by atoms with E-state index in [1.165, 1.54) is 18.2 Å². The summed E-state index contributed by atoms with van der Waals surface area (Å²) >= 11 is 0. The van der Waals surface area contributed by atoms with E-state index < -0.39 is 12.1 Å². The number of quaternary nitrogens is 1. The minimum atomic E-state index is -0.474. The Morgan fingerprint density at radius 3 is 2.38 bits per heavy atom. The Balaban J connectivity index is 1.88. The van der Waals surface area contributed by atoms with E-state index in [2.05, 4.69) is 28.8 Å².